The van der Waals surface area contributed by atoms with Crippen molar-refractivity contribution in [1.82, 2.24) is 20.3 Å². The maximum Gasteiger partial charge on any atom is 0.271 e. The monoisotopic (exact) mass is 496 g/mol. The Hall–Kier alpha value is -4.09. The maximum absolute atomic E-state index is 12.7. The molecular weight excluding hydrogens is 472 g/mol. The van der Waals surface area contributed by atoms with Crippen LogP contribution in [0.15, 0.2) is 77.8 Å². The Bertz CT molecular complexity index is 1300. The second kappa shape index (κ2) is 11.9. The Morgan fingerprint density at radius 1 is 0.857 bits per heavy atom. The Labute approximate surface area is 202 Å². The van der Waals surface area contributed by atoms with Crippen LogP contribution in [-0.2, 0) is 21.2 Å². The van der Waals surface area contributed by atoms with Gasteiger partial charge in [0, 0.05) is 25.4 Å². The highest BCUT2D eigenvalue weighted by Gasteiger charge is 2.21. The van der Waals surface area contributed by atoms with E-state index in [9.17, 15) is 22.8 Å². The summed E-state index contributed by atoms with van der Waals surface area (Å²) in [6.07, 6.45) is 1.71. The molecule has 1 aromatic heterocycles. The first kappa shape index (κ1) is 25.5. The van der Waals surface area contributed by atoms with Gasteiger partial charge in [-0.3, -0.25) is 19.4 Å². The molecule has 35 heavy (non-hydrogen) atoms. The Balaban J connectivity index is 1.63. The van der Waals surface area contributed by atoms with Crippen LogP contribution in [0.5, 0.6) is 0 Å². The molecule has 0 aliphatic carbocycles. The van der Waals surface area contributed by atoms with Gasteiger partial charge < -0.3 is 15.4 Å². The van der Waals surface area contributed by atoms with E-state index < -0.39 is 27.7 Å². The van der Waals surface area contributed by atoms with Gasteiger partial charge >= 0.3 is 0 Å². The zero-order valence-corrected chi connectivity index (χ0v) is 19.7. The zero-order valence-electron chi connectivity index (χ0n) is 18.9. The van der Waals surface area contributed by atoms with Crippen LogP contribution >= 0.6 is 0 Å². The van der Waals surface area contributed by atoms with Crippen molar-refractivity contribution in [3.05, 3.63) is 95.3 Å². The third-order valence-corrected chi connectivity index (χ3v) is 6.14. The smallest absolute Gasteiger partial charge is 0.271 e. The topological polar surface area (TPSA) is 144 Å². The summed E-state index contributed by atoms with van der Waals surface area (Å²) in [7, 11) is -2.86. The lowest BCUT2D eigenvalue weighted by Crippen LogP contribution is -2.31. The van der Waals surface area contributed by atoms with E-state index >= 15 is 0 Å². The first-order valence-electron chi connectivity index (χ1n) is 10.5. The molecule has 2 aromatic carbocycles. The first-order chi connectivity index (χ1) is 16.8. The Morgan fingerprint density at radius 2 is 1.63 bits per heavy atom. The van der Waals surface area contributed by atoms with E-state index in [2.05, 4.69) is 15.6 Å². The van der Waals surface area contributed by atoms with Gasteiger partial charge in [0.15, 0.2) is 0 Å². The molecule has 3 amide bonds. The third kappa shape index (κ3) is 7.19. The maximum atomic E-state index is 12.7. The van der Waals surface area contributed by atoms with Gasteiger partial charge in [-0.1, -0.05) is 36.4 Å². The number of hydrogen-bond acceptors (Lipinski definition) is 7. The highest BCUT2D eigenvalue weighted by atomic mass is 32.2. The summed E-state index contributed by atoms with van der Waals surface area (Å²) < 4.78 is 32.1. The summed E-state index contributed by atoms with van der Waals surface area (Å²) in [5.41, 5.74) is 1.17. The highest BCUT2D eigenvalue weighted by Crippen LogP contribution is 2.13. The number of carbonyl (C=O) groups is 3. The fourth-order valence-corrected chi connectivity index (χ4v) is 4.02. The Kier molecular flexibility index (Phi) is 8.65. The van der Waals surface area contributed by atoms with Crippen LogP contribution in [0.4, 0.5) is 0 Å². The highest BCUT2D eigenvalue weighted by molar-refractivity contribution is 7.90. The van der Waals surface area contributed by atoms with E-state index in [1.54, 1.807) is 0 Å². The standard InChI is InChI=1S/C24H24N4O6S/c1-34-16-27-24(31)21-11-10-19(15-26-21)23(30)28-35(32,33)20-9-5-8-18(14-20)22(29)25-13-12-17-6-3-2-4-7-17/h2-11,14-15H,12-13,16H2,1H3,(H,25,29)(H,27,31)(H,28,30). The average Bonchev–Trinajstić information content (AvgIpc) is 2.87. The molecule has 0 spiro atoms. The van der Waals surface area contributed by atoms with Crippen molar-refractivity contribution in [2.75, 3.05) is 20.4 Å². The number of hydrogen-bond donors (Lipinski definition) is 3. The molecule has 182 valence electrons. The molecule has 3 N–H and O–H groups in total. The SMILES string of the molecule is COCNC(=O)c1ccc(C(=O)NS(=O)(=O)c2cccc(C(=O)NCCc3ccccc3)c2)cn1. The van der Waals surface area contributed by atoms with Crippen LogP contribution in [0.3, 0.4) is 0 Å². The zero-order chi connectivity index (χ0) is 25.3. The molecular formula is C24H24N4O6S. The van der Waals surface area contributed by atoms with Gasteiger partial charge in [0.2, 0.25) is 0 Å². The van der Waals surface area contributed by atoms with Crippen molar-refractivity contribution in [2.45, 2.75) is 11.3 Å². The number of carbonyl (C=O) groups excluding carboxylic acids is 3. The van der Waals surface area contributed by atoms with Crippen molar-refractivity contribution in [1.29, 1.82) is 0 Å². The number of amides is 3. The number of pyridine rings is 1. The minimum Gasteiger partial charge on any atom is -0.364 e. The fourth-order valence-electron chi connectivity index (χ4n) is 3.00. The Morgan fingerprint density at radius 3 is 2.31 bits per heavy atom. The van der Waals surface area contributed by atoms with Gasteiger partial charge in [0.25, 0.3) is 27.7 Å². The van der Waals surface area contributed by atoms with Gasteiger partial charge in [-0.15, -0.1) is 0 Å². The summed E-state index contributed by atoms with van der Waals surface area (Å²) in [6, 6.07) is 17.5. The molecule has 11 heteroatoms. The van der Waals surface area contributed by atoms with Gasteiger partial charge in [-0.25, -0.2) is 13.1 Å². The molecule has 3 rings (SSSR count). The van der Waals surface area contributed by atoms with E-state index in [-0.39, 0.29) is 28.4 Å². The molecule has 0 aliphatic heterocycles. The second-order valence-corrected chi connectivity index (χ2v) is 9.01. The minimum absolute atomic E-state index is 0.00882. The van der Waals surface area contributed by atoms with Crippen molar-refractivity contribution < 1.29 is 27.5 Å². The van der Waals surface area contributed by atoms with Gasteiger partial charge in [0.1, 0.15) is 12.4 Å². The largest absolute Gasteiger partial charge is 0.364 e. The van der Waals surface area contributed by atoms with Crippen molar-refractivity contribution in [3.8, 4) is 0 Å². The number of rotatable bonds is 10. The van der Waals surface area contributed by atoms with Gasteiger partial charge in [0.05, 0.1) is 10.5 Å². The predicted octanol–water partition coefficient (Wildman–Crippen LogP) is 1.51. The number of ether oxygens (including phenoxy) is 1. The molecule has 0 saturated carbocycles. The fraction of sp³-hybridized carbons (Fsp3) is 0.167. The summed E-state index contributed by atoms with van der Waals surface area (Å²) in [4.78, 5) is 40.4. The van der Waals surface area contributed by atoms with E-state index in [0.29, 0.717) is 13.0 Å². The van der Waals surface area contributed by atoms with Crippen LogP contribution in [0, 0.1) is 0 Å². The van der Waals surface area contributed by atoms with Crippen LogP contribution in [0.25, 0.3) is 0 Å². The minimum atomic E-state index is -4.27. The molecule has 0 atom stereocenters. The third-order valence-electron chi connectivity index (χ3n) is 4.81. The molecule has 0 aliphatic rings. The molecule has 1 heterocycles. The van der Waals surface area contributed by atoms with Crippen molar-refractivity contribution >= 4 is 27.7 Å². The first-order valence-corrected chi connectivity index (χ1v) is 12.0. The van der Waals surface area contributed by atoms with Gasteiger partial charge in [-0.05, 0) is 42.3 Å². The van der Waals surface area contributed by atoms with Crippen LogP contribution in [-0.4, -0.2) is 51.5 Å². The average molecular weight is 497 g/mol. The lowest BCUT2D eigenvalue weighted by Gasteiger charge is -2.10. The number of benzene rings is 2. The number of aromatic nitrogens is 1. The van der Waals surface area contributed by atoms with Crippen molar-refractivity contribution in [3.63, 3.8) is 0 Å². The second-order valence-electron chi connectivity index (χ2n) is 7.32. The molecule has 3 aromatic rings. The molecule has 10 nitrogen and oxygen atoms in total. The number of sulfonamides is 1. The lowest BCUT2D eigenvalue weighted by atomic mass is 10.1. The van der Waals surface area contributed by atoms with E-state index in [1.165, 1.54) is 43.5 Å². The lowest BCUT2D eigenvalue weighted by molar-refractivity contribution is 0.0865. The van der Waals surface area contributed by atoms with E-state index in [1.807, 2.05) is 35.1 Å². The quantitative estimate of drug-likeness (QED) is 0.361. The molecule has 0 radical (unpaired) electrons. The van der Waals surface area contributed by atoms with Crippen LogP contribution < -0.4 is 15.4 Å². The normalized spacial score (nSPS) is 10.9. The predicted molar refractivity (Wildman–Crippen MR) is 127 cm³/mol. The van der Waals surface area contributed by atoms with Crippen molar-refractivity contribution in [2.24, 2.45) is 0 Å². The summed E-state index contributed by atoms with van der Waals surface area (Å²) >= 11 is 0. The number of nitrogens with one attached hydrogen (secondary N) is 3. The summed E-state index contributed by atoms with van der Waals surface area (Å²) in [5, 5.41) is 5.19. The van der Waals surface area contributed by atoms with E-state index in [4.69, 9.17) is 4.74 Å². The van der Waals surface area contributed by atoms with E-state index in [0.717, 1.165) is 11.8 Å². The molecule has 0 unspecified atom stereocenters. The molecule has 0 fully saturated rings. The summed E-state index contributed by atoms with van der Waals surface area (Å²) in [6.45, 7) is 0.369. The molecule has 0 saturated heterocycles. The van der Waals surface area contributed by atoms with Crippen LogP contribution in [0.2, 0.25) is 0 Å². The van der Waals surface area contributed by atoms with Gasteiger partial charge in [-0.2, -0.15) is 0 Å². The molecule has 0 bridgehead atoms. The van der Waals surface area contributed by atoms with Crippen LogP contribution in [0.1, 0.15) is 36.8 Å². The number of methoxy groups -OCH3 is 1. The number of nitrogens with zero attached hydrogens (tertiary/aromatic N) is 1. The summed E-state index contributed by atoms with van der Waals surface area (Å²) in [5.74, 6) is -1.87.